The van der Waals surface area contributed by atoms with Gasteiger partial charge in [-0.15, -0.1) is 0 Å². The number of nitrogens with zero attached hydrogens (tertiary/aromatic N) is 2. The van der Waals surface area contributed by atoms with Crippen molar-refractivity contribution >= 4 is 11.8 Å². The number of ether oxygens (including phenoxy) is 1. The summed E-state index contributed by atoms with van der Waals surface area (Å²) in [6.07, 6.45) is 7.99. The van der Waals surface area contributed by atoms with Crippen molar-refractivity contribution in [3.05, 3.63) is 60.2 Å². The summed E-state index contributed by atoms with van der Waals surface area (Å²) in [4.78, 5) is 32.4. The molecule has 1 fully saturated rings. The number of pyridine rings is 2. The Morgan fingerprint density at radius 1 is 1.07 bits per heavy atom. The lowest BCUT2D eigenvalue weighted by atomic mass is 9.96. The maximum Gasteiger partial charge on any atom is 0.251 e. The molecule has 0 bridgehead atoms. The molecule has 0 saturated carbocycles. The Morgan fingerprint density at radius 2 is 1.76 bits per heavy atom. The molecule has 0 radical (unpaired) electrons. The molecule has 8 nitrogen and oxygen atoms in total. The Bertz CT molecular complexity index is 788. The van der Waals surface area contributed by atoms with Gasteiger partial charge in [-0.05, 0) is 49.1 Å². The Hall–Kier alpha value is -2.84. The minimum absolute atomic E-state index is 0.0833. The summed E-state index contributed by atoms with van der Waals surface area (Å²) in [7, 11) is 0. The standard InChI is InChI=1S/C21H26N4O4/c26-14-19-18(25-21(28)16-6-10-23-11-7-16)2-1-17(29-19)13-20(27)24-12-5-15-3-8-22-9-4-15/h3-4,6-11,17-19,26H,1-2,5,12-14H2,(H,24,27)(H,25,28)/t17-,18-,19-/m1/s1. The van der Waals surface area contributed by atoms with Crippen molar-refractivity contribution in [1.82, 2.24) is 20.6 Å². The minimum atomic E-state index is -0.538. The lowest BCUT2D eigenvalue weighted by molar-refractivity contribution is -0.130. The fourth-order valence-electron chi connectivity index (χ4n) is 3.38. The normalized spacial score (nSPS) is 21.3. The summed E-state index contributed by atoms with van der Waals surface area (Å²) in [5.74, 6) is -0.313. The Morgan fingerprint density at radius 3 is 2.45 bits per heavy atom. The molecule has 0 spiro atoms. The molecular weight excluding hydrogens is 372 g/mol. The molecule has 1 saturated heterocycles. The summed E-state index contributed by atoms with van der Waals surface area (Å²) >= 11 is 0. The largest absolute Gasteiger partial charge is 0.394 e. The van der Waals surface area contributed by atoms with Gasteiger partial charge in [0.05, 0.1) is 25.2 Å². The van der Waals surface area contributed by atoms with Crippen LogP contribution in [-0.4, -0.2) is 58.3 Å². The molecule has 0 aliphatic carbocycles. The van der Waals surface area contributed by atoms with E-state index in [0.29, 0.717) is 24.9 Å². The second kappa shape index (κ2) is 10.6. The first-order chi connectivity index (χ1) is 14.2. The van der Waals surface area contributed by atoms with E-state index in [-0.39, 0.29) is 37.0 Å². The molecule has 3 rings (SSSR count). The first-order valence-electron chi connectivity index (χ1n) is 9.78. The number of hydrogen-bond acceptors (Lipinski definition) is 6. The molecule has 29 heavy (non-hydrogen) atoms. The van der Waals surface area contributed by atoms with E-state index in [0.717, 1.165) is 12.0 Å². The van der Waals surface area contributed by atoms with E-state index >= 15 is 0 Å². The van der Waals surface area contributed by atoms with Crippen molar-refractivity contribution < 1.29 is 19.4 Å². The number of carbonyl (C=O) groups excluding carboxylic acids is 2. The van der Waals surface area contributed by atoms with Gasteiger partial charge >= 0.3 is 0 Å². The van der Waals surface area contributed by atoms with Crippen LogP contribution in [0.1, 0.15) is 35.2 Å². The summed E-state index contributed by atoms with van der Waals surface area (Å²) in [6, 6.07) is 6.80. The van der Waals surface area contributed by atoms with Gasteiger partial charge in [0, 0.05) is 36.9 Å². The fraction of sp³-hybridized carbons (Fsp3) is 0.429. The molecule has 0 aromatic carbocycles. The predicted molar refractivity (Wildman–Crippen MR) is 106 cm³/mol. The number of aromatic nitrogens is 2. The Balaban J connectivity index is 1.42. The molecule has 1 aliphatic rings. The number of aliphatic hydroxyl groups is 1. The number of rotatable bonds is 8. The van der Waals surface area contributed by atoms with Gasteiger partial charge < -0.3 is 20.5 Å². The third-order valence-electron chi connectivity index (χ3n) is 4.95. The van der Waals surface area contributed by atoms with E-state index in [1.54, 1.807) is 36.9 Å². The summed E-state index contributed by atoms with van der Waals surface area (Å²) in [5.41, 5.74) is 1.62. The predicted octanol–water partition coefficient (Wildman–Crippen LogP) is 0.864. The molecule has 8 heteroatoms. The van der Waals surface area contributed by atoms with Crippen LogP contribution in [0.5, 0.6) is 0 Å². The maximum absolute atomic E-state index is 12.3. The lowest BCUT2D eigenvalue weighted by Crippen LogP contribution is -2.51. The van der Waals surface area contributed by atoms with Crippen molar-refractivity contribution in [1.29, 1.82) is 0 Å². The van der Waals surface area contributed by atoms with E-state index < -0.39 is 6.10 Å². The zero-order valence-electron chi connectivity index (χ0n) is 16.2. The molecule has 0 unspecified atom stereocenters. The van der Waals surface area contributed by atoms with Gasteiger partial charge in [0.2, 0.25) is 5.91 Å². The van der Waals surface area contributed by atoms with Gasteiger partial charge in [0.25, 0.3) is 5.91 Å². The maximum atomic E-state index is 12.3. The van der Waals surface area contributed by atoms with Crippen LogP contribution in [0.25, 0.3) is 0 Å². The topological polar surface area (TPSA) is 113 Å². The van der Waals surface area contributed by atoms with E-state index in [4.69, 9.17) is 4.74 Å². The smallest absolute Gasteiger partial charge is 0.251 e. The zero-order valence-corrected chi connectivity index (χ0v) is 16.2. The van der Waals surface area contributed by atoms with Gasteiger partial charge in [-0.25, -0.2) is 0 Å². The highest BCUT2D eigenvalue weighted by atomic mass is 16.5. The number of aliphatic hydroxyl groups excluding tert-OH is 1. The highest BCUT2D eigenvalue weighted by molar-refractivity contribution is 5.94. The van der Waals surface area contributed by atoms with E-state index in [2.05, 4.69) is 20.6 Å². The van der Waals surface area contributed by atoms with Crippen LogP contribution in [0.4, 0.5) is 0 Å². The van der Waals surface area contributed by atoms with E-state index in [9.17, 15) is 14.7 Å². The zero-order chi connectivity index (χ0) is 20.5. The molecule has 3 atom stereocenters. The van der Waals surface area contributed by atoms with Gasteiger partial charge in [-0.1, -0.05) is 0 Å². The molecule has 3 N–H and O–H groups in total. The second-order valence-corrected chi connectivity index (χ2v) is 7.03. The van der Waals surface area contributed by atoms with Gasteiger partial charge in [0.15, 0.2) is 0 Å². The van der Waals surface area contributed by atoms with Crippen LogP contribution >= 0.6 is 0 Å². The van der Waals surface area contributed by atoms with Crippen LogP contribution < -0.4 is 10.6 Å². The third-order valence-corrected chi connectivity index (χ3v) is 4.95. The van der Waals surface area contributed by atoms with Crippen molar-refractivity contribution in [2.75, 3.05) is 13.2 Å². The van der Waals surface area contributed by atoms with Crippen molar-refractivity contribution in [3.8, 4) is 0 Å². The minimum Gasteiger partial charge on any atom is -0.394 e. The average molecular weight is 398 g/mol. The Kier molecular flexibility index (Phi) is 7.66. The van der Waals surface area contributed by atoms with Crippen LogP contribution in [-0.2, 0) is 16.0 Å². The Labute approximate surface area is 169 Å². The molecular formula is C21H26N4O4. The van der Waals surface area contributed by atoms with Crippen LogP contribution in [0.15, 0.2) is 49.1 Å². The lowest BCUT2D eigenvalue weighted by Gasteiger charge is -2.36. The highest BCUT2D eigenvalue weighted by Gasteiger charge is 2.33. The van der Waals surface area contributed by atoms with Crippen LogP contribution in [0, 0.1) is 0 Å². The van der Waals surface area contributed by atoms with E-state index in [1.165, 1.54) is 0 Å². The van der Waals surface area contributed by atoms with Crippen molar-refractivity contribution in [2.45, 2.75) is 43.9 Å². The first kappa shape index (κ1) is 20.9. The van der Waals surface area contributed by atoms with Gasteiger partial charge in [0.1, 0.15) is 6.10 Å². The summed E-state index contributed by atoms with van der Waals surface area (Å²) in [6.45, 7) is 0.324. The molecule has 2 aromatic rings. The van der Waals surface area contributed by atoms with Crippen LogP contribution in [0.3, 0.4) is 0 Å². The SMILES string of the molecule is O=C(C[C@H]1CC[C@@H](NC(=O)c2ccncc2)[C@@H](CO)O1)NCCc1ccncc1. The summed E-state index contributed by atoms with van der Waals surface area (Å²) in [5, 5.41) is 15.5. The van der Waals surface area contributed by atoms with Crippen molar-refractivity contribution in [3.63, 3.8) is 0 Å². The first-order valence-corrected chi connectivity index (χ1v) is 9.78. The number of amides is 2. The number of nitrogens with one attached hydrogen (secondary N) is 2. The molecule has 1 aliphatic heterocycles. The quantitative estimate of drug-likeness (QED) is 0.608. The molecule has 3 heterocycles. The van der Waals surface area contributed by atoms with Gasteiger partial charge in [-0.2, -0.15) is 0 Å². The number of carbonyl (C=O) groups is 2. The highest BCUT2D eigenvalue weighted by Crippen LogP contribution is 2.22. The summed E-state index contributed by atoms with van der Waals surface area (Å²) < 4.78 is 5.87. The molecule has 154 valence electrons. The molecule has 2 amide bonds. The van der Waals surface area contributed by atoms with Gasteiger partial charge in [-0.3, -0.25) is 19.6 Å². The second-order valence-electron chi connectivity index (χ2n) is 7.03. The average Bonchev–Trinajstić information content (AvgIpc) is 2.76. The number of hydrogen-bond donors (Lipinski definition) is 3. The fourth-order valence-corrected chi connectivity index (χ4v) is 3.38. The van der Waals surface area contributed by atoms with Crippen LogP contribution in [0.2, 0.25) is 0 Å². The monoisotopic (exact) mass is 398 g/mol. The third kappa shape index (κ3) is 6.33. The van der Waals surface area contributed by atoms with Crippen molar-refractivity contribution in [2.24, 2.45) is 0 Å². The van der Waals surface area contributed by atoms with E-state index in [1.807, 2.05) is 12.1 Å². The molecule has 2 aromatic heterocycles.